The molecule has 0 aliphatic rings. The van der Waals surface area contributed by atoms with Crippen molar-refractivity contribution >= 4 is 5.78 Å². The van der Waals surface area contributed by atoms with Gasteiger partial charge in [0.25, 0.3) is 0 Å². The number of ether oxygens (including phenoxy) is 1. The molecule has 0 spiro atoms. The van der Waals surface area contributed by atoms with Crippen LogP contribution in [0.15, 0.2) is 47.2 Å². The predicted molar refractivity (Wildman–Crippen MR) is 92.2 cm³/mol. The van der Waals surface area contributed by atoms with Gasteiger partial charge in [0.05, 0.1) is 18.4 Å². The molecule has 0 fully saturated rings. The van der Waals surface area contributed by atoms with E-state index in [1.807, 2.05) is 50.4 Å². The number of carbonyl (C=O) groups excluding carboxylic acids is 1. The molecule has 0 aliphatic heterocycles. The van der Waals surface area contributed by atoms with Crippen LogP contribution in [-0.2, 0) is 22.5 Å². The minimum Gasteiger partial charge on any atom is -0.369 e. The monoisotopic (exact) mass is 339 g/mol. The van der Waals surface area contributed by atoms with Gasteiger partial charge in [0, 0.05) is 25.3 Å². The standard InChI is InChI=1S/C19H21N3O3/c1-13-17(14(2)25-21-13)12-22-11-15(10-20-22)9-18(23)19(24-3)16-7-5-4-6-8-16/h4-8,10-11,19H,9,12H2,1-3H3/t19-/m0/s1. The second-order valence-electron chi connectivity index (χ2n) is 6.02. The van der Waals surface area contributed by atoms with Crippen LogP contribution in [0.1, 0.15) is 34.2 Å². The topological polar surface area (TPSA) is 70.2 Å². The molecule has 1 aromatic carbocycles. The summed E-state index contributed by atoms with van der Waals surface area (Å²) in [5, 5.41) is 8.29. The van der Waals surface area contributed by atoms with Gasteiger partial charge in [0.2, 0.25) is 0 Å². The molecular formula is C19H21N3O3. The molecule has 1 atom stereocenters. The number of benzene rings is 1. The van der Waals surface area contributed by atoms with Gasteiger partial charge in [-0.25, -0.2) is 0 Å². The fraction of sp³-hybridized carbons (Fsp3) is 0.316. The number of carbonyl (C=O) groups is 1. The quantitative estimate of drug-likeness (QED) is 0.662. The number of ketones is 1. The van der Waals surface area contributed by atoms with E-state index in [0.717, 1.165) is 28.1 Å². The Bertz CT molecular complexity index is 832. The lowest BCUT2D eigenvalue weighted by Crippen LogP contribution is -2.16. The van der Waals surface area contributed by atoms with Gasteiger partial charge in [0.15, 0.2) is 5.78 Å². The van der Waals surface area contributed by atoms with Crippen molar-refractivity contribution in [3.05, 3.63) is 70.9 Å². The molecule has 25 heavy (non-hydrogen) atoms. The van der Waals surface area contributed by atoms with E-state index in [4.69, 9.17) is 9.26 Å². The molecule has 3 rings (SSSR count). The SMILES string of the molecule is CO[C@H](C(=O)Cc1cnn(Cc2c(C)noc2C)c1)c1ccccc1. The molecule has 0 N–H and O–H groups in total. The molecule has 0 bridgehead atoms. The van der Waals surface area contributed by atoms with Gasteiger partial charge in [-0.15, -0.1) is 0 Å². The van der Waals surface area contributed by atoms with Crippen molar-refractivity contribution in [1.82, 2.24) is 14.9 Å². The van der Waals surface area contributed by atoms with Crippen LogP contribution in [0.5, 0.6) is 0 Å². The zero-order chi connectivity index (χ0) is 17.8. The van der Waals surface area contributed by atoms with Gasteiger partial charge < -0.3 is 9.26 Å². The van der Waals surface area contributed by atoms with Crippen molar-refractivity contribution in [3.8, 4) is 0 Å². The number of methoxy groups -OCH3 is 1. The number of hydrogen-bond acceptors (Lipinski definition) is 5. The lowest BCUT2D eigenvalue weighted by atomic mass is 10.0. The van der Waals surface area contributed by atoms with Crippen LogP contribution >= 0.6 is 0 Å². The number of aryl methyl sites for hydroxylation is 2. The second-order valence-corrected chi connectivity index (χ2v) is 6.02. The summed E-state index contributed by atoms with van der Waals surface area (Å²) >= 11 is 0. The van der Waals surface area contributed by atoms with Crippen LogP contribution in [0, 0.1) is 13.8 Å². The fourth-order valence-corrected chi connectivity index (χ4v) is 2.85. The molecule has 2 heterocycles. The van der Waals surface area contributed by atoms with E-state index >= 15 is 0 Å². The molecule has 6 nitrogen and oxygen atoms in total. The number of aromatic nitrogens is 3. The largest absolute Gasteiger partial charge is 0.369 e. The summed E-state index contributed by atoms with van der Waals surface area (Å²) in [5.74, 6) is 0.791. The Kier molecular flexibility index (Phi) is 5.09. The van der Waals surface area contributed by atoms with E-state index in [9.17, 15) is 4.79 Å². The van der Waals surface area contributed by atoms with Gasteiger partial charge in [0.1, 0.15) is 11.9 Å². The fourth-order valence-electron chi connectivity index (χ4n) is 2.85. The van der Waals surface area contributed by atoms with Gasteiger partial charge in [-0.2, -0.15) is 5.10 Å². The van der Waals surface area contributed by atoms with E-state index in [-0.39, 0.29) is 12.2 Å². The van der Waals surface area contributed by atoms with E-state index < -0.39 is 6.10 Å². The van der Waals surface area contributed by atoms with Crippen LogP contribution in [0.3, 0.4) is 0 Å². The van der Waals surface area contributed by atoms with Gasteiger partial charge >= 0.3 is 0 Å². The Morgan fingerprint density at radius 3 is 2.68 bits per heavy atom. The molecule has 0 unspecified atom stereocenters. The number of rotatable bonds is 7. The van der Waals surface area contributed by atoms with Crippen LogP contribution in [0.2, 0.25) is 0 Å². The van der Waals surface area contributed by atoms with Gasteiger partial charge in [-0.05, 0) is 25.0 Å². The van der Waals surface area contributed by atoms with Crippen LogP contribution in [0.4, 0.5) is 0 Å². The molecule has 3 aromatic rings. The normalized spacial score (nSPS) is 12.3. The maximum Gasteiger partial charge on any atom is 0.170 e. The third-order valence-electron chi connectivity index (χ3n) is 4.20. The minimum atomic E-state index is -0.563. The van der Waals surface area contributed by atoms with Crippen molar-refractivity contribution < 1.29 is 14.1 Å². The highest BCUT2D eigenvalue weighted by molar-refractivity contribution is 5.86. The van der Waals surface area contributed by atoms with E-state index in [1.54, 1.807) is 18.0 Å². The van der Waals surface area contributed by atoms with Crippen molar-refractivity contribution in [2.45, 2.75) is 32.9 Å². The van der Waals surface area contributed by atoms with E-state index in [2.05, 4.69) is 10.3 Å². The van der Waals surface area contributed by atoms with Crippen molar-refractivity contribution in [2.75, 3.05) is 7.11 Å². The molecule has 0 saturated heterocycles. The molecule has 2 aromatic heterocycles. The first-order chi connectivity index (χ1) is 12.1. The Morgan fingerprint density at radius 2 is 2.04 bits per heavy atom. The minimum absolute atomic E-state index is 0.00517. The summed E-state index contributed by atoms with van der Waals surface area (Å²) in [6.07, 6.45) is 3.30. The molecule has 0 aliphatic carbocycles. The summed E-state index contributed by atoms with van der Waals surface area (Å²) < 4.78 is 12.4. The first-order valence-corrected chi connectivity index (χ1v) is 8.12. The number of nitrogens with zero attached hydrogens (tertiary/aromatic N) is 3. The Labute approximate surface area is 146 Å². The van der Waals surface area contributed by atoms with E-state index in [1.165, 1.54) is 0 Å². The molecule has 130 valence electrons. The van der Waals surface area contributed by atoms with Crippen LogP contribution < -0.4 is 0 Å². The zero-order valence-electron chi connectivity index (χ0n) is 14.6. The molecule has 6 heteroatoms. The average Bonchev–Trinajstić information content (AvgIpc) is 3.18. The highest BCUT2D eigenvalue weighted by atomic mass is 16.5. The Morgan fingerprint density at radius 1 is 1.28 bits per heavy atom. The van der Waals surface area contributed by atoms with Gasteiger partial charge in [-0.3, -0.25) is 9.48 Å². The Hall–Kier alpha value is -2.73. The van der Waals surface area contributed by atoms with Crippen molar-refractivity contribution in [1.29, 1.82) is 0 Å². The third-order valence-corrected chi connectivity index (χ3v) is 4.20. The van der Waals surface area contributed by atoms with E-state index in [0.29, 0.717) is 6.54 Å². The van der Waals surface area contributed by atoms with Crippen molar-refractivity contribution in [2.24, 2.45) is 0 Å². The highest BCUT2D eigenvalue weighted by Gasteiger charge is 2.20. The molecule has 0 saturated carbocycles. The third kappa shape index (κ3) is 3.85. The van der Waals surface area contributed by atoms with Crippen LogP contribution in [0.25, 0.3) is 0 Å². The zero-order valence-corrected chi connectivity index (χ0v) is 14.6. The summed E-state index contributed by atoms with van der Waals surface area (Å²) in [7, 11) is 1.55. The van der Waals surface area contributed by atoms with Crippen LogP contribution in [-0.4, -0.2) is 27.8 Å². The first-order valence-electron chi connectivity index (χ1n) is 8.12. The lowest BCUT2D eigenvalue weighted by Gasteiger charge is -2.13. The molecular weight excluding hydrogens is 318 g/mol. The number of Topliss-reactive ketones (excluding diaryl/α,β-unsaturated/α-hetero) is 1. The maximum absolute atomic E-state index is 12.6. The number of hydrogen-bond donors (Lipinski definition) is 0. The molecule has 0 radical (unpaired) electrons. The predicted octanol–water partition coefficient (Wildman–Crippen LogP) is 3.04. The summed E-state index contributed by atoms with van der Waals surface area (Å²) in [6, 6.07) is 9.51. The smallest absolute Gasteiger partial charge is 0.170 e. The summed E-state index contributed by atoms with van der Waals surface area (Å²) in [4.78, 5) is 12.6. The lowest BCUT2D eigenvalue weighted by molar-refractivity contribution is -0.128. The van der Waals surface area contributed by atoms with Crippen molar-refractivity contribution in [3.63, 3.8) is 0 Å². The second kappa shape index (κ2) is 7.44. The molecule has 0 amide bonds. The Balaban J connectivity index is 1.69. The van der Waals surface area contributed by atoms with Gasteiger partial charge in [-0.1, -0.05) is 35.5 Å². The first kappa shape index (κ1) is 17.1. The average molecular weight is 339 g/mol. The highest BCUT2D eigenvalue weighted by Crippen LogP contribution is 2.20. The maximum atomic E-state index is 12.6. The summed E-state index contributed by atoms with van der Waals surface area (Å²) in [6.45, 7) is 4.36. The summed E-state index contributed by atoms with van der Waals surface area (Å²) in [5.41, 5.74) is 3.59.